The van der Waals surface area contributed by atoms with Crippen LogP contribution < -0.4 is 11.3 Å². The summed E-state index contributed by atoms with van der Waals surface area (Å²) in [6, 6.07) is 3.54. The molecule has 7 nitrogen and oxygen atoms in total. The summed E-state index contributed by atoms with van der Waals surface area (Å²) in [6.07, 6.45) is 1.85. The van der Waals surface area contributed by atoms with Crippen LogP contribution in [0, 0.1) is 0 Å². The highest BCUT2D eigenvalue weighted by molar-refractivity contribution is 7.16. The average Bonchev–Trinajstić information content (AvgIpc) is 3.02. The number of aromatic nitrogens is 4. The predicted octanol–water partition coefficient (Wildman–Crippen LogP) is 0.188. The second kappa shape index (κ2) is 4.31. The first-order valence-electron chi connectivity index (χ1n) is 5.24. The van der Waals surface area contributed by atoms with Crippen molar-refractivity contribution in [1.29, 1.82) is 0 Å². The van der Waals surface area contributed by atoms with Gasteiger partial charge >= 0.3 is 0 Å². The van der Waals surface area contributed by atoms with Gasteiger partial charge < -0.3 is 10.2 Å². The number of fused-ring (bicyclic) bond motifs is 1. The lowest BCUT2D eigenvalue weighted by Crippen LogP contribution is -2.22. The van der Waals surface area contributed by atoms with Crippen molar-refractivity contribution in [1.82, 2.24) is 19.8 Å². The Morgan fingerprint density at radius 1 is 1.44 bits per heavy atom. The van der Waals surface area contributed by atoms with Crippen molar-refractivity contribution in [2.45, 2.75) is 13.0 Å². The summed E-state index contributed by atoms with van der Waals surface area (Å²) in [6.45, 7) is 0.279. The normalized spacial score (nSPS) is 11.2. The Hall–Kier alpha value is -2.06. The van der Waals surface area contributed by atoms with Crippen LogP contribution in [0.5, 0.6) is 0 Å². The van der Waals surface area contributed by atoms with Crippen LogP contribution in [0.2, 0.25) is 0 Å². The zero-order valence-corrected chi connectivity index (χ0v) is 10.1. The highest BCUT2D eigenvalue weighted by atomic mass is 32.1. The molecule has 3 aromatic heterocycles. The highest BCUT2D eigenvalue weighted by Gasteiger charge is 2.12. The molecule has 3 heterocycles. The second-order valence-corrected chi connectivity index (χ2v) is 4.64. The summed E-state index contributed by atoms with van der Waals surface area (Å²) in [5.41, 5.74) is 5.50. The van der Waals surface area contributed by atoms with E-state index in [-0.39, 0.29) is 12.1 Å². The molecule has 18 heavy (non-hydrogen) atoms. The largest absolute Gasteiger partial charge is 0.469 e. The summed E-state index contributed by atoms with van der Waals surface area (Å²) in [5, 5.41) is 12.6. The Morgan fingerprint density at radius 2 is 2.33 bits per heavy atom. The topological polar surface area (TPSA) is 99.3 Å². The van der Waals surface area contributed by atoms with Gasteiger partial charge in [0.25, 0.3) is 5.56 Å². The van der Waals surface area contributed by atoms with Gasteiger partial charge in [0.1, 0.15) is 16.5 Å². The second-order valence-electron chi connectivity index (χ2n) is 3.60. The van der Waals surface area contributed by atoms with Gasteiger partial charge in [-0.05, 0) is 12.1 Å². The van der Waals surface area contributed by atoms with Gasteiger partial charge in [0.15, 0.2) is 0 Å². The third-order valence-electron chi connectivity index (χ3n) is 2.39. The van der Waals surface area contributed by atoms with Gasteiger partial charge in [0.2, 0.25) is 4.96 Å². The lowest BCUT2D eigenvalue weighted by atomic mass is 10.2. The Bertz CT molecular complexity index is 730. The fourth-order valence-electron chi connectivity index (χ4n) is 1.56. The molecule has 0 saturated carbocycles. The zero-order valence-electron chi connectivity index (χ0n) is 9.24. The minimum Gasteiger partial charge on any atom is -0.469 e. The summed E-state index contributed by atoms with van der Waals surface area (Å²) in [7, 11) is 0. The van der Waals surface area contributed by atoms with Crippen LogP contribution >= 0.6 is 11.3 Å². The predicted molar refractivity (Wildman–Crippen MR) is 64.3 cm³/mol. The summed E-state index contributed by atoms with van der Waals surface area (Å²) in [4.78, 5) is 12.6. The van der Waals surface area contributed by atoms with E-state index in [9.17, 15) is 4.79 Å². The van der Waals surface area contributed by atoms with Crippen molar-refractivity contribution in [3.63, 3.8) is 0 Å². The van der Waals surface area contributed by atoms with Crippen molar-refractivity contribution < 1.29 is 4.42 Å². The molecule has 0 saturated heterocycles. The minimum atomic E-state index is -0.285. The van der Waals surface area contributed by atoms with Gasteiger partial charge in [-0.25, -0.2) is 0 Å². The molecule has 0 aliphatic carbocycles. The minimum absolute atomic E-state index is 0.279. The average molecular weight is 263 g/mol. The third kappa shape index (κ3) is 1.81. The van der Waals surface area contributed by atoms with Crippen LogP contribution in [0.1, 0.15) is 16.5 Å². The number of hydrogen-bond acceptors (Lipinski definition) is 7. The van der Waals surface area contributed by atoms with Gasteiger partial charge in [0, 0.05) is 6.54 Å². The first kappa shape index (κ1) is 11.1. The Labute approximate surface area is 105 Å². The first-order valence-corrected chi connectivity index (χ1v) is 6.06. The molecule has 0 spiro atoms. The van der Waals surface area contributed by atoms with Crippen LogP contribution in [0.3, 0.4) is 0 Å². The van der Waals surface area contributed by atoms with Crippen LogP contribution in [-0.2, 0) is 13.0 Å². The number of hydrogen-bond donors (Lipinski definition) is 1. The highest BCUT2D eigenvalue weighted by Crippen LogP contribution is 2.10. The molecule has 0 unspecified atom stereocenters. The van der Waals surface area contributed by atoms with E-state index in [1.165, 1.54) is 15.9 Å². The smallest absolute Gasteiger partial charge is 0.297 e. The molecule has 0 amide bonds. The number of nitrogens with two attached hydrogens (primary N) is 1. The van der Waals surface area contributed by atoms with Crippen molar-refractivity contribution in [3.05, 3.63) is 45.2 Å². The molecule has 0 bridgehead atoms. The van der Waals surface area contributed by atoms with E-state index in [0.717, 1.165) is 0 Å². The Morgan fingerprint density at radius 3 is 3.06 bits per heavy atom. The molecule has 8 heteroatoms. The molecule has 92 valence electrons. The molecule has 3 rings (SSSR count). The molecule has 3 aromatic rings. The van der Waals surface area contributed by atoms with E-state index in [4.69, 9.17) is 10.2 Å². The molecule has 0 aromatic carbocycles. The Balaban J connectivity index is 2.08. The molecule has 2 N–H and O–H groups in total. The van der Waals surface area contributed by atoms with E-state index in [1.54, 1.807) is 18.4 Å². The van der Waals surface area contributed by atoms with Gasteiger partial charge in [-0.3, -0.25) is 4.79 Å². The third-order valence-corrected chi connectivity index (χ3v) is 3.31. The lowest BCUT2D eigenvalue weighted by Gasteiger charge is -1.95. The summed E-state index contributed by atoms with van der Waals surface area (Å²) >= 11 is 1.26. The molecule has 0 atom stereocenters. The van der Waals surface area contributed by atoms with Crippen LogP contribution in [0.25, 0.3) is 4.96 Å². The maximum absolute atomic E-state index is 12.1. The van der Waals surface area contributed by atoms with E-state index >= 15 is 0 Å². The van der Waals surface area contributed by atoms with Crippen LogP contribution in [0.15, 0.2) is 27.6 Å². The standard InChI is InChI=1S/C10H9N5O2S/c11-5-8-14-15-9(16)7(12-13-10(15)18-8)4-6-2-1-3-17-6/h1-3H,4-5,11H2. The molecular formula is C10H9N5O2S. The monoisotopic (exact) mass is 263 g/mol. The van der Waals surface area contributed by atoms with Crippen molar-refractivity contribution in [2.75, 3.05) is 0 Å². The van der Waals surface area contributed by atoms with Crippen molar-refractivity contribution in [2.24, 2.45) is 5.73 Å². The molecule has 0 fully saturated rings. The van der Waals surface area contributed by atoms with E-state index in [1.807, 2.05) is 0 Å². The van der Waals surface area contributed by atoms with E-state index in [0.29, 0.717) is 27.8 Å². The molecule has 0 radical (unpaired) electrons. The van der Waals surface area contributed by atoms with Gasteiger partial charge in [-0.1, -0.05) is 11.3 Å². The number of rotatable bonds is 3. The summed E-state index contributed by atoms with van der Waals surface area (Å²) < 4.78 is 6.41. The van der Waals surface area contributed by atoms with Crippen molar-refractivity contribution >= 4 is 16.3 Å². The van der Waals surface area contributed by atoms with E-state index < -0.39 is 0 Å². The molecule has 0 aliphatic heterocycles. The van der Waals surface area contributed by atoms with Gasteiger partial charge in [-0.15, -0.1) is 10.2 Å². The SMILES string of the molecule is NCc1nn2c(=O)c(Cc3ccco3)nnc2s1. The van der Waals surface area contributed by atoms with Crippen LogP contribution in [0.4, 0.5) is 0 Å². The number of furan rings is 1. The number of nitrogens with zero attached hydrogens (tertiary/aromatic N) is 4. The summed E-state index contributed by atoms with van der Waals surface area (Å²) in [5.74, 6) is 0.663. The first-order chi connectivity index (χ1) is 8.78. The van der Waals surface area contributed by atoms with E-state index in [2.05, 4.69) is 15.3 Å². The maximum atomic E-state index is 12.1. The molecular weight excluding hydrogens is 254 g/mol. The maximum Gasteiger partial charge on any atom is 0.297 e. The lowest BCUT2D eigenvalue weighted by molar-refractivity contribution is 0.516. The fraction of sp³-hybridized carbons (Fsp3) is 0.200. The quantitative estimate of drug-likeness (QED) is 0.724. The van der Waals surface area contributed by atoms with Crippen LogP contribution in [-0.4, -0.2) is 19.8 Å². The molecule has 0 aliphatic rings. The van der Waals surface area contributed by atoms with Gasteiger partial charge in [0.05, 0.1) is 12.7 Å². The van der Waals surface area contributed by atoms with Gasteiger partial charge in [-0.2, -0.15) is 9.61 Å². The fourth-order valence-corrected chi connectivity index (χ4v) is 2.27. The zero-order chi connectivity index (χ0) is 12.5. The Kier molecular flexibility index (Phi) is 2.65. The van der Waals surface area contributed by atoms with Crippen molar-refractivity contribution in [3.8, 4) is 0 Å².